The van der Waals surface area contributed by atoms with Crippen molar-refractivity contribution in [2.45, 2.75) is 12.1 Å². The molecule has 6 heteroatoms. The smallest absolute Gasteiger partial charge is 0.354 e. The Kier molecular flexibility index (Phi) is 3.26. The molecule has 2 heterocycles. The van der Waals surface area contributed by atoms with E-state index in [2.05, 4.69) is 4.98 Å². The third-order valence-electron chi connectivity index (χ3n) is 2.83. The highest BCUT2D eigenvalue weighted by molar-refractivity contribution is 5.85. The first-order valence-corrected chi connectivity index (χ1v) is 5.28. The number of rotatable bonds is 3. The lowest BCUT2D eigenvalue weighted by Gasteiger charge is -2.26. The maximum absolute atomic E-state index is 10.8. The van der Waals surface area contributed by atoms with Gasteiger partial charge in [-0.1, -0.05) is 6.07 Å². The van der Waals surface area contributed by atoms with Crippen LogP contribution in [0.1, 0.15) is 10.5 Å². The van der Waals surface area contributed by atoms with Crippen LogP contribution in [0.4, 0.5) is 5.82 Å². The number of carboxylic acid groups (broad SMARTS) is 1. The van der Waals surface area contributed by atoms with E-state index in [0.29, 0.717) is 19.0 Å². The molecule has 0 amide bonds. The Hall–Kier alpha value is -1.66. The summed E-state index contributed by atoms with van der Waals surface area (Å²) in [6.45, 7) is 0.713. The van der Waals surface area contributed by atoms with Gasteiger partial charge in [0.15, 0.2) is 5.69 Å². The molecule has 1 saturated heterocycles. The van der Waals surface area contributed by atoms with E-state index in [9.17, 15) is 9.90 Å². The average Bonchev–Trinajstić information content (AvgIpc) is 2.74. The Labute approximate surface area is 98.5 Å². The fourth-order valence-corrected chi connectivity index (χ4v) is 1.81. The van der Waals surface area contributed by atoms with E-state index >= 15 is 0 Å². The first-order valence-electron chi connectivity index (χ1n) is 5.28. The van der Waals surface area contributed by atoms with Crippen molar-refractivity contribution in [2.24, 2.45) is 0 Å². The molecule has 1 aliphatic heterocycles. The van der Waals surface area contributed by atoms with Crippen LogP contribution in [0, 0.1) is 0 Å². The van der Waals surface area contributed by atoms with E-state index in [-0.39, 0.29) is 11.7 Å². The first-order chi connectivity index (χ1) is 8.09. The molecule has 17 heavy (non-hydrogen) atoms. The van der Waals surface area contributed by atoms with Gasteiger partial charge in [-0.15, -0.1) is 0 Å². The monoisotopic (exact) mass is 238 g/mol. The average molecular weight is 238 g/mol. The topological polar surface area (TPSA) is 82.9 Å². The van der Waals surface area contributed by atoms with Crippen LogP contribution in [0.3, 0.4) is 0 Å². The molecule has 1 aromatic heterocycles. The standard InChI is InChI=1S/C11H14N2O4/c1-13(8-5-17-6-9(8)14)10-4-2-3-7(12-10)11(15)16/h2-4,8-9,14H,5-6H2,1H3,(H,15,16)/t8-,9-/m1/s1. The van der Waals surface area contributed by atoms with Crippen LogP contribution in [0.25, 0.3) is 0 Å². The maximum Gasteiger partial charge on any atom is 0.354 e. The molecule has 2 rings (SSSR count). The van der Waals surface area contributed by atoms with Gasteiger partial charge in [-0.2, -0.15) is 0 Å². The summed E-state index contributed by atoms with van der Waals surface area (Å²) in [6, 6.07) is 4.58. The fraction of sp³-hybridized carbons (Fsp3) is 0.455. The molecule has 0 bridgehead atoms. The Bertz CT molecular complexity index is 424. The number of carbonyl (C=O) groups is 1. The number of likely N-dealkylation sites (N-methyl/N-ethyl adjacent to an activating group) is 1. The van der Waals surface area contributed by atoms with E-state index in [1.807, 2.05) is 0 Å². The number of nitrogens with zero attached hydrogens (tertiary/aromatic N) is 2. The summed E-state index contributed by atoms with van der Waals surface area (Å²) in [5, 5.41) is 18.5. The Morgan fingerprint density at radius 1 is 1.53 bits per heavy atom. The normalized spacial score (nSPS) is 23.6. The van der Waals surface area contributed by atoms with Gasteiger partial charge in [0.25, 0.3) is 0 Å². The van der Waals surface area contributed by atoms with Crippen molar-refractivity contribution in [1.29, 1.82) is 0 Å². The van der Waals surface area contributed by atoms with Crippen molar-refractivity contribution in [3.05, 3.63) is 23.9 Å². The lowest BCUT2D eigenvalue weighted by molar-refractivity contribution is 0.0690. The molecule has 0 radical (unpaired) electrons. The molecule has 1 aromatic rings. The quantitative estimate of drug-likeness (QED) is 0.769. The lowest BCUT2D eigenvalue weighted by atomic mass is 10.2. The summed E-state index contributed by atoms with van der Waals surface area (Å²) in [5.74, 6) is -0.553. The van der Waals surface area contributed by atoms with Gasteiger partial charge in [-0.3, -0.25) is 0 Å². The zero-order chi connectivity index (χ0) is 12.4. The van der Waals surface area contributed by atoms with Crippen LogP contribution in [0.2, 0.25) is 0 Å². The summed E-state index contributed by atoms with van der Waals surface area (Å²) in [7, 11) is 1.76. The van der Waals surface area contributed by atoms with Crippen molar-refractivity contribution in [3.8, 4) is 0 Å². The second kappa shape index (κ2) is 4.68. The molecule has 2 atom stereocenters. The van der Waals surface area contributed by atoms with Crippen LogP contribution in [-0.4, -0.2) is 53.6 Å². The predicted molar refractivity (Wildman–Crippen MR) is 60.2 cm³/mol. The predicted octanol–water partition coefficient (Wildman–Crippen LogP) is -0.0243. The molecule has 0 spiro atoms. The van der Waals surface area contributed by atoms with Crippen molar-refractivity contribution in [3.63, 3.8) is 0 Å². The van der Waals surface area contributed by atoms with Crippen LogP contribution in [0.15, 0.2) is 18.2 Å². The minimum Gasteiger partial charge on any atom is -0.477 e. The van der Waals surface area contributed by atoms with Gasteiger partial charge in [0.05, 0.1) is 25.4 Å². The molecule has 0 aromatic carbocycles. The highest BCUT2D eigenvalue weighted by Gasteiger charge is 2.30. The first kappa shape index (κ1) is 11.8. The number of aromatic carboxylic acids is 1. The minimum atomic E-state index is -1.07. The molecule has 2 N–H and O–H groups in total. The van der Waals surface area contributed by atoms with Gasteiger partial charge in [0, 0.05) is 7.05 Å². The summed E-state index contributed by atoms with van der Waals surface area (Å²) in [6.07, 6.45) is -0.574. The Morgan fingerprint density at radius 3 is 2.88 bits per heavy atom. The summed E-state index contributed by atoms with van der Waals surface area (Å²) < 4.78 is 5.15. The molecule has 0 aliphatic carbocycles. The number of hydrogen-bond acceptors (Lipinski definition) is 5. The second-order valence-corrected chi connectivity index (χ2v) is 3.97. The van der Waals surface area contributed by atoms with Crippen LogP contribution in [0.5, 0.6) is 0 Å². The van der Waals surface area contributed by atoms with Crippen LogP contribution < -0.4 is 4.90 Å². The summed E-state index contributed by atoms with van der Waals surface area (Å²) >= 11 is 0. The van der Waals surface area contributed by atoms with E-state index in [1.165, 1.54) is 6.07 Å². The van der Waals surface area contributed by atoms with Crippen molar-refractivity contribution >= 4 is 11.8 Å². The van der Waals surface area contributed by atoms with Crippen molar-refractivity contribution in [2.75, 3.05) is 25.2 Å². The van der Waals surface area contributed by atoms with Gasteiger partial charge in [0.2, 0.25) is 0 Å². The van der Waals surface area contributed by atoms with E-state index < -0.39 is 12.1 Å². The molecule has 0 saturated carbocycles. The van der Waals surface area contributed by atoms with Gasteiger partial charge < -0.3 is 19.8 Å². The number of aromatic nitrogens is 1. The number of aliphatic hydroxyl groups excluding tert-OH is 1. The molecule has 1 aliphatic rings. The van der Waals surface area contributed by atoms with E-state index in [1.54, 1.807) is 24.1 Å². The zero-order valence-electron chi connectivity index (χ0n) is 9.41. The molecule has 92 valence electrons. The zero-order valence-corrected chi connectivity index (χ0v) is 9.41. The molecular formula is C11H14N2O4. The third kappa shape index (κ3) is 2.37. The Balaban J connectivity index is 2.21. The number of aliphatic hydroxyl groups is 1. The van der Waals surface area contributed by atoms with Gasteiger partial charge >= 0.3 is 5.97 Å². The Morgan fingerprint density at radius 2 is 2.29 bits per heavy atom. The second-order valence-electron chi connectivity index (χ2n) is 3.97. The number of anilines is 1. The van der Waals surface area contributed by atoms with Gasteiger partial charge in [0.1, 0.15) is 5.82 Å². The van der Waals surface area contributed by atoms with Crippen LogP contribution >= 0.6 is 0 Å². The van der Waals surface area contributed by atoms with E-state index in [0.717, 1.165) is 0 Å². The lowest BCUT2D eigenvalue weighted by Crippen LogP contribution is -2.41. The summed E-state index contributed by atoms with van der Waals surface area (Å²) in [4.78, 5) is 16.6. The minimum absolute atomic E-state index is 0.0113. The fourth-order valence-electron chi connectivity index (χ4n) is 1.81. The van der Waals surface area contributed by atoms with Crippen molar-refractivity contribution in [1.82, 2.24) is 4.98 Å². The largest absolute Gasteiger partial charge is 0.477 e. The number of ether oxygens (including phenoxy) is 1. The van der Waals surface area contributed by atoms with Crippen LogP contribution in [-0.2, 0) is 4.74 Å². The van der Waals surface area contributed by atoms with Gasteiger partial charge in [-0.25, -0.2) is 9.78 Å². The third-order valence-corrected chi connectivity index (χ3v) is 2.83. The molecule has 1 fully saturated rings. The molecular weight excluding hydrogens is 224 g/mol. The van der Waals surface area contributed by atoms with Gasteiger partial charge in [-0.05, 0) is 12.1 Å². The SMILES string of the molecule is CN(c1cccc(C(=O)O)n1)[C@@H]1COC[C@H]1O. The maximum atomic E-state index is 10.8. The highest BCUT2D eigenvalue weighted by atomic mass is 16.5. The molecule has 6 nitrogen and oxygen atoms in total. The highest BCUT2D eigenvalue weighted by Crippen LogP contribution is 2.18. The summed E-state index contributed by atoms with van der Waals surface area (Å²) in [5.41, 5.74) is -0.0113. The number of hydrogen-bond donors (Lipinski definition) is 2. The number of pyridine rings is 1. The molecule has 0 unspecified atom stereocenters. The number of carboxylic acids is 1. The van der Waals surface area contributed by atoms with E-state index in [4.69, 9.17) is 9.84 Å². The van der Waals surface area contributed by atoms with Crippen molar-refractivity contribution < 1.29 is 19.7 Å².